The molecule has 1 N–H and O–H groups in total. The minimum absolute atomic E-state index is 0.764. The second-order valence-electron chi connectivity index (χ2n) is 3.56. The fourth-order valence-electron chi connectivity index (χ4n) is 1.76. The van der Waals surface area contributed by atoms with Gasteiger partial charge < -0.3 is 10.1 Å². The zero-order valence-corrected chi connectivity index (χ0v) is 7.60. The average molecular weight is 157 g/mol. The van der Waals surface area contributed by atoms with Crippen molar-refractivity contribution in [1.82, 2.24) is 5.32 Å². The summed E-state index contributed by atoms with van der Waals surface area (Å²) in [6.07, 6.45) is 4.10. The van der Waals surface area contributed by atoms with Gasteiger partial charge in [0.1, 0.15) is 0 Å². The van der Waals surface area contributed by atoms with Crippen molar-refractivity contribution >= 4 is 0 Å². The number of rotatable bonds is 4. The van der Waals surface area contributed by atoms with Crippen LogP contribution >= 0.6 is 0 Å². The lowest BCUT2D eigenvalue weighted by atomic mass is 10.1. The van der Waals surface area contributed by atoms with Crippen molar-refractivity contribution in [3.63, 3.8) is 0 Å². The highest BCUT2D eigenvalue weighted by atomic mass is 16.5. The maximum Gasteiger partial charge on any atom is 0.0587 e. The van der Waals surface area contributed by atoms with E-state index in [-0.39, 0.29) is 0 Å². The third-order valence-corrected chi connectivity index (χ3v) is 2.43. The SMILES string of the molecule is COCCN[C@@H]1CC[C@H](C)C1. The van der Waals surface area contributed by atoms with Crippen LogP contribution in [0, 0.1) is 5.92 Å². The molecular weight excluding hydrogens is 138 g/mol. The third-order valence-electron chi connectivity index (χ3n) is 2.43. The first kappa shape index (κ1) is 9.01. The number of hydrogen-bond acceptors (Lipinski definition) is 2. The van der Waals surface area contributed by atoms with Crippen molar-refractivity contribution in [2.24, 2.45) is 5.92 Å². The highest BCUT2D eigenvalue weighted by Gasteiger charge is 2.19. The van der Waals surface area contributed by atoms with Gasteiger partial charge in [-0.1, -0.05) is 6.92 Å². The highest BCUT2D eigenvalue weighted by Crippen LogP contribution is 2.24. The molecule has 0 saturated heterocycles. The summed E-state index contributed by atoms with van der Waals surface area (Å²) in [5, 5.41) is 3.49. The smallest absolute Gasteiger partial charge is 0.0587 e. The summed E-state index contributed by atoms with van der Waals surface area (Å²) in [7, 11) is 1.75. The molecule has 0 unspecified atom stereocenters. The molecule has 1 aliphatic rings. The predicted octanol–water partition coefficient (Wildman–Crippen LogP) is 1.41. The van der Waals surface area contributed by atoms with Crippen LogP contribution in [0.2, 0.25) is 0 Å². The normalized spacial score (nSPS) is 31.1. The molecule has 1 rings (SSSR count). The maximum absolute atomic E-state index is 4.97. The Balaban J connectivity index is 1.99. The van der Waals surface area contributed by atoms with E-state index in [0.29, 0.717) is 0 Å². The van der Waals surface area contributed by atoms with Gasteiger partial charge in [-0.2, -0.15) is 0 Å². The first-order valence-electron chi connectivity index (χ1n) is 4.55. The molecule has 0 amide bonds. The van der Waals surface area contributed by atoms with E-state index in [1.807, 2.05) is 0 Å². The second-order valence-corrected chi connectivity index (χ2v) is 3.56. The van der Waals surface area contributed by atoms with Crippen molar-refractivity contribution in [3.8, 4) is 0 Å². The summed E-state index contributed by atoms with van der Waals surface area (Å²) in [6, 6.07) is 0.764. The van der Waals surface area contributed by atoms with Crippen molar-refractivity contribution in [2.75, 3.05) is 20.3 Å². The average Bonchev–Trinajstić information content (AvgIpc) is 2.37. The Morgan fingerprint density at radius 2 is 2.27 bits per heavy atom. The Kier molecular flexibility index (Phi) is 3.87. The van der Waals surface area contributed by atoms with Crippen LogP contribution in [0.5, 0.6) is 0 Å². The van der Waals surface area contributed by atoms with Crippen molar-refractivity contribution in [3.05, 3.63) is 0 Å². The molecule has 0 aromatic rings. The lowest BCUT2D eigenvalue weighted by molar-refractivity contribution is 0.195. The maximum atomic E-state index is 4.97. The van der Waals surface area contributed by atoms with E-state index in [9.17, 15) is 0 Å². The van der Waals surface area contributed by atoms with E-state index < -0.39 is 0 Å². The van der Waals surface area contributed by atoms with Gasteiger partial charge in [0.2, 0.25) is 0 Å². The molecule has 1 saturated carbocycles. The van der Waals surface area contributed by atoms with Gasteiger partial charge in [-0.25, -0.2) is 0 Å². The van der Waals surface area contributed by atoms with E-state index in [4.69, 9.17) is 4.74 Å². The van der Waals surface area contributed by atoms with Crippen molar-refractivity contribution in [2.45, 2.75) is 32.2 Å². The van der Waals surface area contributed by atoms with Gasteiger partial charge in [0.15, 0.2) is 0 Å². The molecule has 1 fully saturated rings. The topological polar surface area (TPSA) is 21.3 Å². The molecule has 1 aliphatic carbocycles. The molecule has 0 heterocycles. The third kappa shape index (κ3) is 3.21. The van der Waals surface area contributed by atoms with Gasteiger partial charge >= 0.3 is 0 Å². The van der Waals surface area contributed by atoms with Crippen LogP contribution in [0.4, 0.5) is 0 Å². The summed E-state index contributed by atoms with van der Waals surface area (Å²) in [4.78, 5) is 0. The van der Waals surface area contributed by atoms with E-state index in [0.717, 1.165) is 25.1 Å². The van der Waals surface area contributed by atoms with E-state index >= 15 is 0 Å². The van der Waals surface area contributed by atoms with Gasteiger partial charge in [-0.3, -0.25) is 0 Å². The summed E-state index contributed by atoms with van der Waals surface area (Å²) < 4.78 is 4.97. The summed E-state index contributed by atoms with van der Waals surface area (Å²) in [5.74, 6) is 0.926. The molecule has 0 spiro atoms. The lowest BCUT2D eigenvalue weighted by Gasteiger charge is -2.10. The van der Waals surface area contributed by atoms with Crippen molar-refractivity contribution in [1.29, 1.82) is 0 Å². The van der Waals surface area contributed by atoms with Crippen LogP contribution in [-0.2, 0) is 4.74 Å². The zero-order chi connectivity index (χ0) is 8.10. The molecule has 0 aromatic heterocycles. The minimum Gasteiger partial charge on any atom is -0.383 e. The number of nitrogens with one attached hydrogen (secondary N) is 1. The molecule has 66 valence electrons. The summed E-state index contributed by atoms with van der Waals surface area (Å²) in [5.41, 5.74) is 0. The first-order valence-corrected chi connectivity index (χ1v) is 4.55. The van der Waals surface area contributed by atoms with Crippen molar-refractivity contribution < 1.29 is 4.74 Å². The zero-order valence-electron chi connectivity index (χ0n) is 7.60. The Hall–Kier alpha value is -0.0800. The fourth-order valence-corrected chi connectivity index (χ4v) is 1.76. The molecule has 2 heteroatoms. The molecule has 11 heavy (non-hydrogen) atoms. The molecule has 0 bridgehead atoms. The van der Waals surface area contributed by atoms with Crippen LogP contribution < -0.4 is 5.32 Å². The second kappa shape index (κ2) is 4.73. The summed E-state index contributed by atoms with van der Waals surface area (Å²) >= 11 is 0. The van der Waals surface area contributed by atoms with Gasteiger partial charge in [-0.15, -0.1) is 0 Å². The molecule has 0 aliphatic heterocycles. The van der Waals surface area contributed by atoms with Crippen LogP contribution in [0.15, 0.2) is 0 Å². The standard InChI is InChI=1S/C9H19NO/c1-8-3-4-9(7-8)10-5-6-11-2/h8-10H,3-7H2,1-2H3/t8-,9+/m0/s1. The van der Waals surface area contributed by atoms with Gasteiger partial charge in [0, 0.05) is 19.7 Å². The van der Waals surface area contributed by atoms with Crippen LogP contribution in [-0.4, -0.2) is 26.3 Å². The Labute approximate surface area is 69.3 Å². The summed E-state index contributed by atoms with van der Waals surface area (Å²) in [6.45, 7) is 4.18. The number of methoxy groups -OCH3 is 1. The fraction of sp³-hybridized carbons (Fsp3) is 1.00. The Morgan fingerprint density at radius 3 is 2.82 bits per heavy atom. The number of ether oxygens (including phenoxy) is 1. The van der Waals surface area contributed by atoms with Gasteiger partial charge in [0.25, 0.3) is 0 Å². The molecule has 2 atom stereocenters. The van der Waals surface area contributed by atoms with E-state index in [1.165, 1.54) is 19.3 Å². The molecule has 0 aromatic carbocycles. The lowest BCUT2D eigenvalue weighted by Crippen LogP contribution is -2.29. The first-order chi connectivity index (χ1) is 5.33. The molecular formula is C9H19NO. The number of hydrogen-bond donors (Lipinski definition) is 1. The quantitative estimate of drug-likeness (QED) is 0.623. The van der Waals surface area contributed by atoms with Gasteiger partial charge in [-0.05, 0) is 25.2 Å². The molecule has 0 radical (unpaired) electrons. The Morgan fingerprint density at radius 1 is 1.45 bits per heavy atom. The van der Waals surface area contributed by atoms with Crippen LogP contribution in [0.1, 0.15) is 26.2 Å². The highest BCUT2D eigenvalue weighted by molar-refractivity contribution is 4.77. The monoisotopic (exact) mass is 157 g/mol. The Bertz CT molecular complexity index is 106. The van der Waals surface area contributed by atoms with Crippen LogP contribution in [0.3, 0.4) is 0 Å². The minimum atomic E-state index is 0.764. The van der Waals surface area contributed by atoms with E-state index in [2.05, 4.69) is 12.2 Å². The predicted molar refractivity (Wildman–Crippen MR) is 46.7 cm³/mol. The van der Waals surface area contributed by atoms with Gasteiger partial charge in [0.05, 0.1) is 6.61 Å². The van der Waals surface area contributed by atoms with E-state index in [1.54, 1.807) is 7.11 Å². The molecule has 2 nitrogen and oxygen atoms in total. The van der Waals surface area contributed by atoms with Crippen LogP contribution in [0.25, 0.3) is 0 Å². The largest absolute Gasteiger partial charge is 0.383 e.